The number of carbonyl (C=O) groups excluding carboxylic acids is 1. The van der Waals surface area contributed by atoms with Gasteiger partial charge in [0.05, 0.1) is 24.6 Å². The number of ether oxygens (including phenoxy) is 2. The van der Waals surface area contributed by atoms with E-state index in [0.29, 0.717) is 58.0 Å². The summed E-state index contributed by atoms with van der Waals surface area (Å²) in [6.07, 6.45) is 2.00. The fraction of sp³-hybridized carbons (Fsp3) is 0.579. The molecule has 2 fully saturated rings. The number of aromatic nitrogens is 4. The largest absolute Gasteiger partial charge is 0.383 e. The molecule has 150 valence electrons. The Bertz CT molecular complexity index is 836. The Morgan fingerprint density at radius 1 is 1.36 bits per heavy atom. The lowest BCUT2D eigenvalue weighted by Gasteiger charge is -2.31. The van der Waals surface area contributed by atoms with E-state index >= 15 is 0 Å². The fourth-order valence-corrected chi connectivity index (χ4v) is 4.23. The van der Waals surface area contributed by atoms with Crippen LogP contribution in [0, 0.1) is 11.2 Å². The number of rotatable bonds is 6. The predicted molar refractivity (Wildman–Crippen MR) is 96.5 cm³/mol. The van der Waals surface area contributed by atoms with E-state index in [4.69, 9.17) is 9.47 Å². The first-order valence-corrected chi connectivity index (χ1v) is 9.51. The minimum atomic E-state index is -0.464. The second-order valence-corrected chi connectivity index (χ2v) is 7.43. The molecule has 0 radical (unpaired) electrons. The summed E-state index contributed by atoms with van der Waals surface area (Å²) in [7, 11) is 1.62. The maximum absolute atomic E-state index is 13.7. The van der Waals surface area contributed by atoms with Crippen LogP contribution in [0.1, 0.15) is 36.7 Å². The molecule has 9 heteroatoms. The van der Waals surface area contributed by atoms with Gasteiger partial charge in [-0.25, -0.2) is 9.07 Å². The van der Waals surface area contributed by atoms with Gasteiger partial charge < -0.3 is 14.4 Å². The zero-order chi connectivity index (χ0) is 19.6. The lowest BCUT2D eigenvalue weighted by molar-refractivity contribution is -0.141. The van der Waals surface area contributed by atoms with Gasteiger partial charge in [-0.1, -0.05) is 12.1 Å². The van der Waals surface area contributed by atoms with E-state index in [-0.39, 0.29) is 17.8 Å². The average molecular weight is 389 g/mol. The van der Waals surface area contributed by atoms with Crippen molar-refractivity contribution in [2.45, 2.75) is 38.4 Å². The summed E-state index contributed by atoms with van der Waals surface area (Å²) in [6, 6.07) is 6.09. The van der Waals surface area contributed by atoms with Crippen molar-refractivity contribution in [3.8, 4) is 0 Å². The van der Waals surface area contributed by atoms with Gasteiger partial charge in [-0.15, -0.1) is 5.10 Å². The molecule has 28 heavy (non-hydrogen) atoms. The van der Waals surface area contributed by atoms with Crippen molar-refractivity contribution in [1.29, 1.82) is 0 Å². The average Bonchev–Trinajstić information content (AvgIpc) is 3.26. The lowest BCUT2D eigenvalue weighted by Crippen LogP contribution is -2.38. The highest BCUT2D eigenvalue weighted by Gasteiger charge is 2.53. The molecule has 0 aliphatic carbocycles. The Hall–Kier alpha value is -2.39. The number of carbonyl (C=O) groups is 1. The molecule has 3 heterocycles. The normalized spacial score (nSPS) is 21.6. The van der Waals surface area contributed by atoms with Gasteiger partial charge in [-0.05, 0) is 47.4 Å². The number of halogens is 1. The zero-order valence-corrected chi connectivity index (χ0v) is 15.9. The van der Waals surface area contributed by atoms with Crippen LogP contribution < -0.4 is 0 Å². The van der Waals surface area contributed by atoms with E-state index in [0.717, 1.165) is 5.56 Å². The third-order valence-corrected chi connectivity index (χ3v) is 5.73. The van der Waals surface area contributed by atoms with E-state index in [9.17, 15) is 9.18 Å². The molecule has 1 aromatic heterocycles. The van der Waals surface area contributed by atoms with Gasteiger partial charge in [0.1, 0.15) is 5.82 Å². The molecular formula is C19H24FN5O3. The van der Waals surface area contributed by atoms with Crippen molar-refractivity contribution in [2.75, 3.05) is 26.9 Å². The van der Waals surface area contributed by atoms with Crippen molar-refractivity contribution in [3.63, 3.8) is 0 Å². The van der Waals surface area contributed by atoms with E-state index < -0.39 is 5.41 Å². The van der Waals surface area contributed by atoms with Gasteiger partial charge in [0.15, 0.2) is 5.82 Å². The second kappa shape index (κ2) is 7.92. The van der Waals surface area contributed by atoms with Crippen LogP contribution >= 0.6 is 0 Å². The molecule has 2 saturated heterocycles. The maximum Gasteiger partial charge on any atom is 0.229 e. The minimum Gasteiger partial charge on any atom is -0.383 e. The molecule has 8 nitrogen and oxygen atoms in total. The summed E-state index contributed by atoms with van der Waals surface area (Å²) in [4.78, 5) is 15.3. The molecule has 2 aliphatic heterocycles. The summed E-state index contributed by atoms with van der Waals surface area (Å²) in [5, 5.41) is 12.1. The molecule has 4 rings (SSSR count). The molecule has 1 amide bonds. The first-order valence-electron chi connectivity index (χ1n) is 9.51. The zero-order valence-electron chi connectivity index (χ0n) is 15.9. The fourth-order valence-electron chi connectivity index (χ4n) is 4.23. The van der Waals surface area contributed by atoms with Crippen LogP contribution in [0.15, 0.2) is 24.3 Å². The predicted octanol–water partition coefficient (Wildman–Crippen LogP) is 1.73. The Balaban J connectivity index is 1.67. The Morgan fingerprint density at radius 2 is 2.18 bits per heavy atom. The Kier molecular flexibility index (Phi) is 5.36. The molecule has 2 aromatic rings. The summed E-state index contributed by atoms with van der Waals surface area (Å²) in [6.45, 7) is 2.44. The number of benzene rings is 1. The third-order valence-electron chi connectivity index (χ3n) is 5.73. The molecular weight excluding hydrogens is 365 g/mol. The lowest BCUT2D eigenvalue weighted by atomic mass is 9.77. The van der Waals surface area contributed by atoms with Crippen molar-refractivity contribution in [2.24, 2.45) is 5.41 Å². The third kappa shape index (κ3) is 3.51. The smallest absolute Gasteiger partial charge is 0.229 e. The van der Waals surface area contributed by atoms with Gasteiger partial charge in [-0.3, -0.25) is 4.79 Å². The topological polar surface area (TPSA) is 82.4 Å². The summed E-state index contributed by atoms with van der Waals surface area (Å²) in [5.41, 5.74) is 0.284. The van der Waals surface area contributed by atoms with E-state index in [1.807, 2.05) is 6.07 Å². The molecule has 1 spiro atoms. The highest BCUT2D eigenvalue weighted by molar-refractivity contribution is 5.85. The second-order valence-electron chi connectivity index (χ2n) is 7.43. The van der Waals surface area contributed by atoms with Crippen LogP contribution in [0.5, 0.6) is 0 Å². The van der Waals surface area contributed by atoms with Crippen molar-refractivity contribution in [1.82, 2.24) is 25.1 Å². The summed E-state index contributed by atoms with van der Waals surface area (Å²) < 4.78 is 26.0. The first-order chi connectivity index (χ1) is 13.6. The number of tetrazole rings is 1. The minimum absolute atomic E-state index is 0.0753. The number of nitrogens with zero attached hydrogens (tertiary/aromatic N) is 5. The van der Waals surface area contributed by atoms with Gasteiger partial charge in [0.25, 0.3) is 0 Å². The number of amides is 1. The molecule has 0 N–H and O–H groups in total. The van der Waals surface area contributed by atoms with E-state index in [2.05, 4.69) is 15.5 Å². The quantitative estimate of drug-likeness (QED) is 0.748. The standard InChI is InChI=1S/C19H24FN5O3/c1-27-10-7-25-17(21-22-23-25)16-12-19(5-8-28-9-6-19)18(26)24(16)13-14-3-2-4-15(20)11-14/h2-4,11,16H,5-10,12-13H2,1H3. The molecule has 1 aromatic carbocycles. The van der Waals surface area contributed by atoms with Crippen LogP contribution in [-0.2, 0) is 27.4 Å². The highest BCUT2D eigenvalue weighted by atomic mass is 19.1. The highest BCUT2D eigenvalue weighted by Crippen LogP contribution is 2.49. The van der Waals surface area contributed by atoms with Gasteiger partial charge >= 0.3 is 0 Å². The molecule has 0 bridgehead atoms. The Labute approximate surface area is 162 Å². The van der Waals surface area contributed by atoms with Crippen molar-refractivity contribution in [3.05, 3.63) is 41.5 Å². The monoisotopic (exact) mass is 389 g/mol. The maximum atomic E-state index is 13.7. The Morgan fingerprint density at radius 3 is 2.93 bits per heavy atom. The van der Waals surface area contributed by atoms with Crippen LogP contribution in [0.2, 0.25) is 0 Å². The molecule has 1 unspecified atom stereocenters. The van der Waals surface area contributed by atoms with Gasteiger partial charge in [-0.2, -0.15) is 0 Å². The number of hydrogen-bond donors (Lipinski definition) is 0. The van der Waals surface area contributed by atoms with Crippen molar-refractivity contribution < 1.29 is 18.7 Å². The van der Waals surface area contributed by atoms with E-state index in [1.54, 1.807) is 22.8 Å². The molecule has 2 aliphatic rings. The summed E-state index contributed by atoms with van der Waals surface area (Å²) in [5.74, 6) is 0.405. The van der Waals surface area contributed by atoms with Gasteiger partial charge in [0, 0.05) is 26.9 Å². The first kappa shape index (κ1) is 18.9. The number of methoxy groups -OCH3 is 1. The molecule has 1 atom stereocenters. The van der Waals surface area contributed by atoms with Crippen LogP contribution in [-0.4, -0.2) is 57.9 Å². The van der Waals surface area contributed by atoms with Crippen molar-refractivity contribution >= 4 is 5.91 Å². The summed E-state index contributed by atoms with van der Waals surface area (Å²) >= 11 is 0. The van der Waals surface area contributed by atoms with Crippen LogP contribution in [0.4, 0.5) is 4.39 Å². The van der Waals surface area contributed by atoms with Crippen LogP contribution in [0.25, 0.3) is 0 Å². The van der Waals surface area contributed by atoms with Crippen LogP contribution in [0.3, 0.4) is 0 Å². The number of hydrogen-bond acceptors (Lipinski definition) is 6. The number of likely N-dealkylation sites (tertiary alicyclic amines) is 1. The van der Waals surface area contributed by atoms with E-state index in [1.165, 1.54) is 12.1 Å². The SMILES string of the molecule is COCCn1nnnc1C1CC2(CCOCC2)C(=O)N1Cc1cccc(F)c1. The van der Waals surface area contributed by atoms with Gasteiger partial charge in [0.2, 0.25) is 5.91 Å². The molecule has 0 saturated carbocycles.